The molecule has 10 heavy (non-hydrogen) atoms. The molecule has 58 valence electrons. The first-order valence-electron chi connectivity index (χ1n) is 4.23. The quantitative estimate of drug-likeness (QED) is 0.583. The Bertz CT molecular complexity index is 121. The predicted molar refractivity (Wildman–Crippen MR) is 44.8 cm³/mol. The molecule has 0 aromatic rings. The molecule has 1 aliphatic rings. The number of nitrogens with two attached hydrogens (primary N) is 1. The van der Waals surface area contributed by atoms with Crippen molar-refractivity contribution in [2.45, 2.75) is 44.6 Å². The van der Waals surface area contributed by atoms with Crippen molar-refractivity contribution >= 4 is 0 Å². The molecule has 0 radical (unpaired) electrons. The van der Waals surface area contributed by atoms with Gasteiger partial charge in [0.05, 0.1) is 0 Å². The molecule has 0 amide bonds. The van der Waals surface area contributed by atoms with Gasteiger partial charge in [-0.05, 0) is 19.3 Å². The molecule has 0 aromatic heterocycles. The first-order valence-corrected chi connectivity index (χ1v) is 4.23. The number of allylic oxidation sites excluding steroid dienone is 1. The largest absolute Gasteiger partial charge is 0.322 e. The molecular formula is C9H17N. The zero-order valence-electron chi connectivity index (χ0n) is 6.77. The van der Waals surface area contributed by atoms with Crippen LogP contribution in [0.4, 0.5) is 0 Å². The Kier molecular flexibility index (Phi) is 2.50. The van der Waals surface area contributed by atoms with E-state index in [9.17, 15) is 0 Å². The lowest BCUT2D eigenvalue weighted by Crippen LogP contribution is -2.33. The van der Waals surface area contributed by atoms with E-state index >= 15 is 0 Å². The molecule has 0 aromatic carbocycles. The van der Waals surface area contributed by atoms with Crippen LogP contribution in [0, 0.1) is 0 Å². The van der Waals surface area contributed by atoms with Crippen molar-refractivity contribution in [2.24, 2.45) is 5.73 Å². The van der Waals surface area contributed by atoms with Crippen LogP contribution in [0.3, 0.4) is 0 Å². The van der Waals surface area contributed by atoms with E-state index in [1.165, 1.54) is 25.7 Å². The van der Waals surface area contributed by atoms with Crippen molar-refractivity contribution in [2.75, 3.05) is 0 Å². The van der Waals surface area contributed by atoms with E-state index in [0.717, 1.165) is 6.42 Å². The second-order valence-corrected chi connectivity index (χ2v) is 3.25. The van der Waals surface area contributed by atoms with Gasteiger partial charge in [-0.15, -0.1) is 0 Å². The van der Waals surface area contributed by atoms with Crippen LogP contribution in [0.5, 0.6) is 0 Å². The predicted octanol–water partition coefficient (Wildman–Crippen LogP) is 2.22. The van der Waals surface area contributed by atoms with Crippen LogP contribution in [-0.4, -0.2) is 5.54 Å². The molecule has 0 saturated heterocycles. The highest BCUT2D eigenvalue weighted by Gasteiger charge is 2.25. The van der Waals surface area contributed by atoms with Gasteiger partial charge in [0, 0.05) is 5.54 Å². The van der Waals surface area contributed by atoms with Crippen molar-refractivity contribution in [3.05, 3.63) is 12.2 Å². The summed E-state index contributed by atoms with van der Waals surface area (Å²) in [5.41, 5.74) is 6.12. The Labute approximate surface area is 63.3 Å². The van der Waals surface area contributed by atoms with Gasteiger partial charge in [-0.2, -0.15) is 0 Å². The smallest absolute Gasteiger partial charge is 0.0339 e. The van der Waals surface area contributed by atoms with Crippen LogP contribution >= 0.6 is 0 Å². The summed E-state index contributed by atoms with van der Waals surface area (Å²) in [5.74, 6) is 0. The summed E-state index contributed by atoms with van der Waals surface area (Å²) in [6.45, 7) is 2.15. The summed E-state index contributed by atoms with van der Waals surface area (Å²) in [4.78, 5) is 0. The Morgan fingerprint density at radius 2 is 2.00 bits per heavy atom. The van der Waals surface area contributed by atoms with Crippen LogP contribution in [0.2, 0.25) is 0 Å². The van der Waals surface area contributed by atoms with Crippen LogP contribution in [0.1, 0.15) is 39.0 Å². The molecule has 0 bridgehead atoms. The van der Waals surface area contributed by atoms with Crippen molar-refractivity contribution in [1.29, 1.82) is 0 Å². The molecule has 0 heterocycles. The molecule has 0 unspecified atom stereocenters. The molecule has 1 saturated carbocycles. The fraction of sp³-hybridized carbons (Fsp3) is 0.778. The van der Waals surface area contributed by atoms with Gasteiger partial charge < -0.3 is 5.73 Å². The third-order valence-corrected chi connectivity index (χ3v) is 2.22. The molecule has 1 rings (SSSR count). The highest BCUT2D eigenvalue weighted by molar-refractivity contribution is 5.06. The average Bonchev–Trinajstić information content (AvgIpc) is 2.33. The fourth-order valence-corrected chi connectivity index (χ4v) is 1.55. The standard InChI is InChI=1S/C9H17N/c1-2-3-6-9(10)7-4-5-8-9/h3,6H,2,4-5,7-8,10H2,1H3/b6-3+. The van der Waals surface area contributed by atoms with E-state index in [-0.39, 0.29) is 5.54 Å². The third-order valence-electron chi connectivity index (χ3n) is 2.22. The Morgan fingerprint density at radius 3 is 2.50 bits per heavy atom. The summed E-state index contributed by atoms with van der Waals surface area (Å²) >= 11 is 0. The third kappa shape index (κ3) is 1.84. The second-order valence-electron chi connectivity index (χ2n) is 3.25. The molecule has 0 atom stereocenters. The Morgan fingerprint density at radius 1 is 1.40 bits per heavy atom. The number of rotatable bonds is 2. The van der Waals surface area contributed by atoms with E-state index in [4.69, 9.17) is 5.73 Å². The maximum atomic E-state index is 6.06. The zero-order valence-corrected chi connectivity index (χ0v) is 6.77. The van der Waals surface area contributed by atoms with Gasteiger partial charge in [-0.3, -0.25) is 0 Å². The summed E-state index contributed by atoms with van der Waals surface area (Å²) < 4.78 is 0. The van der Waals surface area contributed by atoms with E-state index in [0.29, 0.717) is 0 Å². The lowest BCUT2D eigenvalue weighted by molar-refractivity contribution is 0.548. The maximum absolute atomic E-state index is 6.06. The average molecular weight is 139 g/mol. The van der Waals surface area contributed by atoms with E-state index in [2.05, 4.69) is 19.1 Å². The highest BCUT2D eigenvalue weighted by Crippen LogP contribution is 2.28. The van der Waals surface area contributed by atoms with Crippen LogP contribution < -0.4 is 5.73 Å². The molecule has 1 nitrogen and oxygen atoms in total. The normalized spacial score (nSPS) is 24.2. The summed E-state index contributed by atoms with van der Waals surface area (Å²) in [7, 11) is 0. The molecule has 1 aliphatic carbocycles. The Balaban J connectivity index is 2.43. The topological polar surface area (TPSA) is 26.0 Å². The SMILES string of the molecule is CC/C=C/C1(N)CCCC1. The summed E-state index contributed by atoms with van der Waals surface area (Å²) in [6.07, 6.45) is 10.5. The summed E-state index contributed by atoms with van der Waals surface area (Å²) in [6, 6.07) is 0. The van der Waals surface area contributed by atoms with Crippen molar-refractivity contribution in [3.63, 3.8) is 0 Å². The zero-order chi connectivity index (χ0) is 7.45. The highest BCUT2D eigenvalue weighted by atomic mass is 14.7. The minimum absolute atomic E-state index is 0.0655. The molecule has 2 N–H and O–H groups in total. The lowest BCUT2D eigenvalue weighted by atomic mass is 9.98. The molecule has 0 spiro atoms. The van der Waals surface area contributed by atoms with Crippen molar-refractivity contribution in [1.82, 2.24) is 0 Å². The van der Waals surface area contributed by atoms with Gasteiger partial charge in [0.25, 0.3) is 0 Å². The van der Waals surface area contributed by atoms with Crippen LogP contribution in [0.15, 0.2) is 12.2 Å². The van der Waals surface area contributed by atoms with Crippen molar-refractivity contribution < 1.29 is 0 Å². The van der Waals surface area contributed by atoms with E-state index in [1.54, 1.807) is 0 Å². The van der Waals surface area contributed by atoms with Crippen molar-refractivity contribution in [3.8, 4) is 0 Å². The van der Waals surface area contributed by atoms with Gasteiger partial charge in [0.1, 0.15) is 0 Å². The first kappa shape index (κ1) is 7.80. The minimum atomic E-state index is 0.0655. The maximum Gasteiger partial charge on any atom is 0.0339 e. The fourth-order valence-electron chi connectivity index (χ4n) is 1.55. The van der Waals surface area contributed by atoms with Gasteiger partial charge in [0.2, 0.25) is 0 Å². The second kappa shape index (κ2) is 3.20. The minimum Gasteiger partial charge on any atom is -0.322 e. The van der Waals surface area contributed by atoms with Gasteiger partial charge in [-0.25, -0.2) is 0 Å². The molecular weight excluding hydrogens is 122 g/mol. The van der Waals surface area contributed by atoms with E-state index < -0.39 is 0 Å². The van der Waals surface area contributed by atoms with Gasteiger partial charge >= 0.3 is 0 Å². The van der Waals surface area contributed by atoms with Crippen LogP contribution in [-0.2, 0) is 0 Å². The van der Waals surface area contributed by atoms with Gasteiger partial charge in [-0.1, -0.05) is 31.9 Å². The van der Waals surface area contributed by atoms with Gasteiger partial charge in [0.15, 0.2) is 0 Å². The molecule has 1 fully saturated rings. The lowest BCUT2D eigenvalue weighted by Gasteiger charge is -2.17. The molecule has 1 heteroatoms. The summed E-state index contributed by atoms with van der Waals surface area (Å²) in [5, 5.41) is 0. The van der Waals surface area contributed by atoms with Crippen LogP contribution in [0.25, 0.3) is 0 Å². The number of hydrogen-bond donors (Lipinski definition) is 1. The Hall–Kier alpha value is -0.300. The molecule has 0 aliphatic heterocycles. The first-order chi connectivity index (χ1) is 4.77. The number of hydrogen-bond acceptors (Lipinski definition) is 1. The van der Waals surface area contributed by atoms with E-state index in [1.807, 2.05) is 0 Å². The monoisotopic (exact) mass is 139 g/mol.